The first-order chi connectivity index (χ1) is 13.7. The molecule has 28 heavy (non-hydrogen) atoms. The van der Waals surface area contributed by atoms with E-state index in [0.717, 1.165) is 62.5 Å². The van der Waals surface area contributed by atoms with Gasteiger partial charge in [-0.3, -0.25) is 9.48 Å². The van der Waals surface area contributed by atoms with Crippen LogP contribution in [0.2, 0.25) is 0 Å². The van der Waals surface area contributed by atoms with E-state index in [9.17, 15) is 4.79 Å². The summed E-state index contributed by atoms with van der Waals surface area (Å²) in [6.07, 6.45) is 7.31. The highest BCUT2D eigenvalue weighted by Gasteiger charge is 2.36. The predicted octanol–water partition coefficient (Wildman–Crippen LogP) is 3.56. The normalized spacial score (nSPS) is 22.7. The van der Waals surface area contributed by atoms with Crippen LogP contribution in [0.3, 0.4) is 0 Å². The van der Waals surface area contributed by atoms with Crippen molar-refractivity contribution in [2.45, 2.75) is 51.1 Å². The Balaban J connectivity index is 1.47. The summed E-state index contributed by atoms with van der Waals surface area (Å²) in [6.45, 7) is 5.41. The van der Waals surface area contributed by atoms with Gasteiger partial charge in [0, 0.05) is 38.0 Å². The van der Waals surface area contributed by atoms with Gasteiger partial charge in [0.1, 0.15) is 0 Å². The van der Waals surface area contributed by atoms with Crippen LogP contribution in [0.5, 0.6) is 0 Å². The molecule has 0 saturated carbocycles. The van der Waals surface area contributed by atoms with Gasteiger partial charge in [-0.1, -0.05) is 12.1 Å². The minimum absolute atomic E-state index is 0.0773. The molecule has 5 rings (SSSR count). The molecule has 1 aromatic carbocycles. The summed E-state index contributed by atoms with van der Waals surface area (Å²) in [5.41, 5.74) is 3.93. The fourth-order valence-corrected chi connectivity index (χ4v) is 5.02. The highest BCUT2D eigenvalue weighted by molar-refractivity contribution is 6.09. The number of para-hydroxylation sites is 2. The first-order valence-corrected chi connectivity index (χ1v) is 10.5. The Morgan fingerprint density at radius 3 is 2.68 bits per heavy atom. The number of fused-ring (bicyclic) bond motifs is 3. The van der Waals surface area contributed by atoms with E-state index in [0.29, 0.717) is 12.1 Å². The van der Waals surface area contributed by atoms with Crippen LogP contribution in [-0.4, -0.2) is 48.0 Å². The first kappa shape index (κ1) is 17.7. The molecule has 6 nitrogen and oxygen atoms in total. The topological polar surface area (TPSA) is 50.6 Å². The molecule has 0 aliphatic carbocycles. The molecule has 3 aliphatic heterocycles. The molecule has 4 heterocycles. The lowest BCUT2D eigenvalue weighted by Gasteiger charge is -2.46. The van der Waals surface area contributed by atoms with Crippen LogP contribution in [0.4, 0.5) is 11.4 Å². The Morgan fingerprint density at radius 1 is 1.07 bits per heavy atom. The van der Waals surface area contributed by atoms with Crippen LogP contribution in [-0.2, 0) is 4.74 Å². The second kappa shape index (κ2) is 7.24. The molecule has 148 valence electrons. The number of carbonyl (C=O) groups is 1. The number of rotatable bonds is 2. The summed E-state index contributed by atoms with van der Waals surface area (Å²) >= 11 is 0. The van der Waals surface area contributed by atoms with Gasteiger partial charge in [0.15, 0.2) is 0 Å². The van der Waals surface area contributed by atoms with Gasteiger partial charge in [0.05, 0.1) is 29.2 Å². The van der Waals surface area contributed by atoms with Crippen molar-refractivity contribution in [1.29, 1.82) is 0 Å². The fourth-order valence-electron chi connectivity index (χ4n) is 5.02. The van der Waals surface area contributed by atoms with E-state index in [1.807, 2.05) is 22.6 Å². The first-order valence-electron chi connectivity index (χ1n) is 10.5. The summed E-state index contributed by atoms with van der Waals surface area (Å²) < 4.78 is 7.52. The van der Waals surface area contributed by atoms with Crippen molar-refractivity contribution in [2.75, 3.05) is 36.1 Å². The average molecular weight is 380 g/mol. The van der Waals surface area contributed by atoms with E-state index in [2.05, 4.69) is 28.2 Å². The third-order valence-electron chi connectivity index (χ3n) is 6.56. The van der Waals surface area contributed by atoms with Crippen molar-refractivity contribution in [1.82, 2.24) is 9.78 Å². The molecule has 1 amide bonds. The molecule has 2 fully saturated rings. The van der Waals surface area contributed by atoms with E-state index >= 15 is 0 Å². The van der Waals surface area contributed by atoms with Crippen molar-refractivity contribution in [3.63, 3.8) is 0 Å². The average Bonchev–Trinajstić information content (AvgIpc) is 3.14. The zero-order valence-electron chi connectivity index (χ0n) is 16.5. The summed E-state index contributed by atoms with van der Waals surface area (Å²) in [7, 11) is 0. The molecule has 1 atom stereocenters. The minimum Gasteiger partial charge on any atom is -0.381 e. The van der Waals surface area contributed by atoms with E-state index in [1.165, 1.54) is 18.5 Å². The molecule has 0 N–H and O–H groups in total. The van der Waals surface area contributed by atoms with Gasteiger partial charge in [0.2, 0.25) is 0 Å². The number of amides is 1. The number of carbonyl (C=O) groups excluding carboxylic acids is 1. The molecule has 3 aliphatic rings. The standard InChI is InChI=1S/C22H28N4O2/c1-16-19(14-23-26(16)17-9-12-28-13-10-17)22(27)25-15-18-6-4-5-11-24(18)20-7-2-3-8-21(20)25/h2-3,7-8,14,17-18H,4-6,9-13,15H2,1H3/t18-/m0/s1. The molecule has 0 bridgehead atoms. The van der Waals surface area contributed by atoms with Crippen LogP contribution in [0.1, 0.15) is 54.2 Å². The smallest absolute Gasteiger partial charge is 0.261 e. The molecular formula is C22H28N4O2. The molecule has 0 radical (unpaired) electrons. The quantitative estimate of drug-likeness (QED) is 0.799. The molecule has 6 heteroatoms. The molecule has 2 saturated heterocycles. The lowest BCUT2D eigenvalue weighted by Crippen LogP contribution is -2.53. The van der Waals surface area contributed by atoms with E-state index in [4.69, 9.17) is 4.74 Å². The van der Waals surface area contributed by atoms with E-state index in [1.54, 1.807) is 6.20 Å². The highest BCUT2D eigenvalue weighted by atomic mass is 16.5. The number of aromatic nitrogens is 2. The van der Waals surface area contributed by atoms with E-state index < -0.39 is 0 Å². The van der Waals surface area contributed by atoms with Gasteiger partial charge in [-0.25, -0.2) is 0 Å². The van der Waals surface area contributed by atoms with Gasteiger partial charge in [-0.15, -0.1) is 0 Å². The molecule has 2 aromatic rings. The summed E-state index contributed by atoms with van der Waals surface area (Å²) in [5.74, 6) is 0.0773. The predicted molar refractivity (Wildman–Crippen MR) is 109 cm³/mol. The monoisotopic (exact) mass is 380 g/mol. The Hall–Kier alpha value is -2.34. The third-order valence-corrected chi connectivity index (χ3v) is 6.56. The van der Waals surface area contributed by atoms with Crippen LogP contribution in [0, 0.1) is 6.92 Å². The van der Waals surface area contributed by atoms with E-state index in [-0.39, 0.29) is 5.91 Å². The second-order valence-electron chi connectivity index (χ2n) is 8.18. The molecule has 0 spiro atoms. The summed E-state index contributed by atoms with van der Waals surface area (Å²) in [5, 5.41) is 4.60. The molecule has 1 aromatic heterocycles. The highest BCUT2D eigenvalue weighted by Crippen LogP contribution is 2.39. The number of anilines is 2. The number of ether oxygens (including phenoxy) is 1. The maximum Gasteiger partial charge on any atom is 0.261 e. The van der Waals surface area contributed by atoms with Crippen molar-refractivity contribution in [2.24, 2.45) is 0 Å². The SMILES string of the molecule is Cc1c(C(=O)N2C[C@@H]3CCCCN3c3ccccc32)cnn1C1CCOCC1. The minimum atomic E-state index is 0.0773. The molecule has 0 unspecified atom stereocenters. The van der Waals surface area contributed by atoms with Gasteiger partial charge >= 0.3 is 0 Å². The lowest BCUT2D eigenvalue weighted by molar-refractivity contribution is 0.0656. The maximum atomic E-state index is 13.6. The van der Waals surface area contributed by atoms with Crippen molar-refractivity contribution in [3.8, 4) is 0 Å². The third kappa shape index (κ3) is 2.91. The number of benzene rings is 1. The Morgan fingerprint density at radius 2 is 1.86 bits per heavy atom. The number of nitrogens with zero attached hydrogens (tertiary/aromatic N) is 4. The fraction of sp³-hybridized carbons (Fsp3) is 0.545. The Kier molecular flexibility index (Phi) is 4.59. The van der Waals surface area contributed by atoms with Crippen LogP contribution in [0.15, 0.2) is 30.5 Å². The molecular weight excluding hydrogens is 352 g/mol. The van der Waals surface area contributed by atoms with Crippen molar-refractivity contribution < 1.29 is 9.53 Å². The van der Waals surface area contributed by atoms with Crippen molar-refractivity contribution in [3.05, 3.63) is 41.7 Å². The maximum absolute atomic E-state index is 13.6. The zero-order valence-corrected chi connectivity index (χ0v) is 16.5. The number of piperidine rings is 1. The lowest BCUT2D eigenvalue weighted by atomic mass is 9.96. The zero-order chi connectivity index (χ0) is 19.1. The van der Waals surface area contributed by atoms with Crippen LogP contribution >= 0.6 is 0 Å². The number of hydrogen-bond donors (Lipinski definition) is 0. The second-order valence-corrected chi connectivity index (χ2v) is 8.18. The van der Waals surface area contributed by atoms with Crippen molar-refractivity contribution >= 4 is 17.3 Å². The van der Waals surface area contributed by atoms with Gasteiger partial charge < -0.3 is 14.5 Å². The largest absolute Gasteiger partial charge is 0.381 e. The summed E-state index contributed by atoms with van der Waals surface area (Å²) in [6, 6.07) is 9.09. The summed E-state index contributed by atoms with van der Waals surface area (Å²) in [4.78, 5) is 18.1. The van der Waals surface area contributed by atoms with Crippen LogP contribution < -0.4 is 9.80 Å². The number of hydrogen-bond acceptors (Lipinski definition) is 4. The Bertz CT molecular complexity index is 871. The Labute approximate surface area is 166 Å². The van der Waals surface area contributed by atoms with Crippen LogP contribution in [0.25, 0.3) is 0 Å². The van der Waals surface area contributed by atoms with Gasteiger partial charge in [-0.05, 0) is 51.2 Å². The van der Waals surface area contributed by atoms with Gasteiger partial charge in [-0.2, -0.15) is 5.10 Å². The van der Waals surface area contributed by atoms with Gasteiger partial charge in [0.25, 0.3) is 5.91 Å².